The summed E-state index contributed by atoms with van der Waals surface area (Å²) in [5, 5.41) is 0. The van der Waals surface area contributed by atoms with Crippen LogP contribution >= 0.6 is 0 Å². The normalized spacial score (nSPS) is 19.2. The number of carbonyl (C=O) groups is 2. The molecule has 1 unspecified atom stereocenters. The average Bonchev–Trinajstić information content (AvgIpc) is 3.23. The standard InChI is InChI=1S/C25H21F2NO3/c26-20-11-9-17(10-12-20)22(19-7-4-8-21(27)13-19)14-24(30)28-23(16-31-25(28)15-29)18-5-2-1-3-6-18/h1-13,15,22-23,25H,14,16H2/t22-,23-,25?/m1/s1. The van der Waals surface area contributed by atoms with Crippen LogP contribution in [0.1, 0.15) is 35.1 Å². The molecule has 31 heavy (non-hydrogen) atoms. The summed E-state index contributed by atoms with van der Waals surface area (Å²) in [4.78, 5) is 26.5. The monoisotopic (exact) mass is 421 g/mol. The largest absolute Gasteiger partial charge is 0.349 e. The molecule has 4 nitrogen and oxygen atoms in total. The molecule has 1 amide bonds. The third kappa shape index (κ3) is 4.54. The van der Waals surface area contributed by atoms with Crippen molar-refractivity contribution in [2.45, 2.75) is 24.6 Å². The quantitative estimate of drug-likeness (QED) is 0.546. The molecule has 1 aliphatic heterocycles. The van der Waals surface area contributed by atoms with E-state index in [0.29, 0.717) is 17.4 Å². The first-order valence-corrected chi connectivity index (χ1v) is 10.0. The SMILES string of the molecule is O=CC1OC[C@H](c2ccccc2)N1C(=O)C[C@H](c1ccc(F)cc1)c1cccc(F)c1. The Hall–Kier alpha value is -3.38. The number of benzene rings is 3. The number of aldehydes is 1. The van der Waals surface area contributed by atoms with Crippen LogP contribution in [0.25, 0.3) is 0 Å². The number of ether oxygens (including phenoxy) is 1. The molecular weight excluding hydrogens is 400 g/mol. The molecule has 158 valence electrons. The number of nitrogens with zero attached hydrogens (tertiary/aromatic N) is 1. The Balaban J connectivity index is 1.67. The van der Waals surface area contributed by atoms with E-state index in [1.165, 1.54) is 29.2 Å². The maximum Gasteiger partial charge on any atom is 0.226 e. The van der Waals surface area contributed by atoms with Crippen LogP contribution in [0.15, 0.2) is 78.9 Å². The highest BCUT2D eigenvalue weighted by atomic mass is 19.1. The number of hydrogen-bond donors (Lipinski definition) is 0. The van der Waals surface area contributed by atoms with Gasteiger partial charge >= 0.3 is 0 Å². The molecule has 4 rings (SSSR count). The molecule has 0 radical (unpaired) electrons. The first-order chi connectivity index (χ1) is 15.1. The van der Waals surface area contributed by atoms with Gasteiger partial charge in [0.2, 0.25) is 5.91 Å². The maximum absolute atomic E-state index is 13.9. The van der Waals surface area contributed by atoms with E-state index in [4.69, 9.17) is 4.74 Å². The molecule has 0 saturated carbocycles. The highest BCUT2D eigenvalue weighted by molar-refractivity contribution is 5.81. The fraction of sp³-hybridized carbons (Fsp3) is 0.200. The Bertz CT molecular complexity index is 1060. The molecule has 3 atom stereocenters. The molecule has 3 aromatic carbocycles. The second-order valence-electron chi connectivity index (χ2n) is 7.45. The zero-order valence-corrected chi connectivity index (χ0v) is 16.7. The zero-order valence-electron chi connectivity index (χ0n) is 16.7. The van der Waals surface area contributed by atoms with E-state index in [9.17, 15) is 18.4 Å². The lowest BCUT2D eigenvalue weighted by Crippen LogP contribution is -2.39. The highest BCUT2D eigenvalue weighted by Crippen LogP contribution is 2.34. The van der Waals surface area contributed by atoms with Gasteiger partial charge in [-0.1, -0.05) is 54.6 Å². The third-order valence-electron chi connectivity index (χ3n) is 5.53. The van der Waals surface area contributed by atoms with Gasteiger partial charge in [0, 0.05) is 12.3 Å². The van der Waals surface area contributed by atoms with Crippen LogP contribution in [0.4, 0.5) is 8.78 Å². The van der Waals surface area contributed by atoms with Crippen molar-refractivity contribution in [3.05, 3.63) is 107 Å². The first kappa shape index (κ1) is 20.9. The van der Waals surface area contributed by atoms with Crippen LogP contribution < -0.4 is 0 Å². The van der Waals surface area contributed by atoms with Gasteiger partial charge in [0.25, 0.3) is 0 Å². The van der Waals surface area contributed by atoms with E-state index < -0.39 is 29.8 Å². The lowest BCUT2D eigenvalue weighted by Gasteiger charge is -2.28. The van der Waals surface area contributed by atoms with Gasteiger partial charge in [-0.25, -0.2) is 8.78 Å². The van der Waals surface area contributed by atoms with E-state index in [1.807, 2.05) is 30.3 Å². The van der Waals surface area contributed by atoms with Gasteiger partial charge in [-0.15, -0.1) is 0 Å². The Morgan fingerprint density at radius 3 is 2.39 bits per heavy atom. The summed E-state index contributed by atoms with van der Waals surface area (Å²) in [5.74, 6) is -1.63. The fourth-order valence-corrected chi connectivity index (χ4v) is 4.01. The molecule has 0 aliphatic carbocycles. The van der Waals surface area contributed by atoms with Crippen molar-refractivity contribution in [1.82, 2.24) is 4.90 Å². The Labute approximate surface area is 179 Å². The molecule has 1 heterocycles. The predicted octanol–water partition coefficient (Wildman–Crippen LogP) is 4.61. The number of carbonyl (C=O) groups excluding carboxylic acids is 2. The van der Waals surface area contributed by atoms with Gasteiger partial charge in [-0.05, 0) is 41.0 Å². The van der Waals surface area contributed by atoms with Crippen LogP contribution in [0.3, 0.4) is 0 Å². The Morgan fingerprint density at radius 2 is 1.71 bits per heavy atom. The van der Waals surface area contributed by atoms with Crippen molar-refractivity contribution in [2.24, 2.45) is 0 Å². The summed E-state index contributed by atoms with van der Waals surface area (Å²) in [6, 6.07) is 20.8. The van der Waals surface area contributed by atoms with Crippen molar-refractivity contribution in [2.75, 3.05) is 6.61 Å². The zero-order chi connectivity index (χ0) is 21.8. The molecule has 0 bridgehead atoms. The molecule has 3 aromatic rings. The van der Waals surface area contributed by atoms with E-state index in [0.717, 1.165) is 5.56 Å². The summed E-state index contributed by atoms with van der Waals surface area (Å²) < 4.78 is 33.0. The molecule has 1 fully saturated rings. The molecule has 6 heteroatoms. The smallest absolute Gasteiger partial charge is 0.226 e. The van der Waals surface area contributed by atoms with Crippen molar-refractivity contribution >= 4 is 12.2 Å². The average molecular weight is 421 g/mol. The van der Waals surface area contributed by atoms with Gasteiger partial charge in [0.15, 0.2) is 12.5 Å². The van der Waals surface area contributed by atoms with E-state index >= 15 is 0 Å². The van der Waals surface area contributed by atoms with Gasteiger partial charge < -0.3 is 9.64 Å². The molecular formula is C25H21F2NO3. The maximum atomic E-state index is 13.9. The summed E-state index contributed by atoms with van der Waals surface area (Å²) in [5.41, 5.74) is 2.14. The van der Waals surface area contributed by atoms with Crippen LogP contribution in [0.2, 0.25) is 0 Å². The minimum Gasteiger partial charge on any atom is -0.349 e. The Morgan fingerprint density at radius 1 is 0.968 bits per heavy atom. The first-order valence-electron chi connectivity index (χ1n) is 10.0. The van der Waals surface area contributed by atoms with E-state index in [-0.39, 0.29) is 18.9 Å². The second-order valence-corrected chi connectivity index (χ2v) is 7.45. The fourth-order valence-electron chi connectivity index (χ4n) is 4.01. The molecule has 0 N–H and O–H groups in total. The molecule has 0 aromatic heterocycles. The van der Waals surface area contributed by atoms with Crippen molar-refractivity contribution in [3.63, 3.8) is 0 Å². The van der Waals surface area contributed by atoms with Crippen molar-refractivity contribution in [1.29, 1.82) is 0 Å². The number of rotatable bonds is 6. The number of amides is 1. The highest BCUT2D eigenvalue weighted by Gasteiger charge is 2.39. The second kappa shape index (κ2) is 9.18. The van der Waals surface area contributed by atoms with E-state index in [2.05, 4.69) is 0 Å². The van der Waals surface area contributed by atoms with Crippen LogP contribution in [0.5, 0.6) is 0 Å². The van der Waals surface area contributed by atoms with Gasteiger partial charge in [-0.2, -0.15) is 0 Å². The number of halogens is 2. The minimum absolute atomic E-state index is 0.0217. The molecule has 1 saturated heterocycles. The molecule has 1 aliphatic rings. The van der Waals surface area contributed by atoms with Crippen LogP contribution in [-0.4, -0.2) is 29.9 Å². The molecule has 0 spiro atoms. The van der Waals surface area contributed by atoms with E-state index in [1.54, 1.807) is 24.3 Å². The predicted molar refractivity (Wildman–Crippen MR) is 111 cm³/mol. The summed E-state index contributed by atoms with van der Waals surface area (Å²) >= 11 is 0. The summed E-state index contributed by atoms with van der Waals surface area (Å²) in [7, 11) is 0. The lowest BCUT2D eigenvalue weighted by atomic mass is 9.87. The number of hydrogen-bond acceptors (Lipinski definition) is 3. The minimum atomic E-state index is -0.987. The van der Waals surface area contributed by atoms with Crippen molar-refractivity contribution < 1.29 is 23.1 Å². The third-order valence-corrected chi connectivity index (χ3v) is 5.53. The van der Waals surface area contributed by atoms with Gasteiger partial charge in [0.1, 0.15) is 11.6 Å². The lowest BCUT2D eigenvalue weighted by molar-refractivity contribution is -0.142. The van der Waals surface area contributed by atoms with Crippen molar-refractivity contribution in [3.8, 4) is 0 Å². The topological polar surface area (TPSA) is 46.6 Å². The summed E-state index contributed by atoms with van der Waals surface area (Å²) in [6.07, 6.45) is -0.402. The Kier molecular flexibility index (Phi) is 6.18. The van der Waals surface area contributed by atoms with Gasteiger partial charge in [-0.3, -0.25) is 9.59 Å². The van der Waals surface area contributed by atoms with Crippen LogP contribution in [-0.2, 0) is 14.3 Å². The van der Waals surface area contributed by atoms with Gasteiger partial charge in [0.05, 0.1) is 12.6 Å². The summed E-state index contributed by atoms with van der Waals surface area (Å²) in [6.45, 7) is 0.209. The van der Waals surface area contributed by atoms with Crippen LogP contribution in [0, 0.1) is 11.6 Å².